The van der Waals surface area contributed by atoms with E-state index >= 15 is 0 Å². The van der Waals surface area contributed by atoms with E-state index < -0.39 is 0 Å². The minimum atomic E-state index is -0.165. The lowest BCUT2D eigenvalue weighted by Gasteiger charge is -2.21. The highest BCUT2D eigenvalue weighted by Gasteiger charge is 2.18. The van der Waals surface area contributed by atoms with Gasteiger partial charge in [-0.05, 0) is 23.1 Å². The van der Waals surface area contributed by atoms with Crippen molar-refractivity contribution in [1.29, 1.82) is 0 Å². The summed E-state index contributed by atoms with van der Waals surface area (Å²) < 4.78 is 0. The molecular weight excluding hydrogens is 464 g/mol. The first-order valence-electron chi connectivity index (χ1n) is 11.8. The standard InChI is InChI=1S/C28H26N8O/c1-28(2,3)22-12-20(16-31-35-26-23-10-6-4-8-18(23)14-29-33-26)25(37)21(13-22)17-32-36-27-24-11-7-5-9-19(24)15-30-34-27/h4-17,37H,1-3H3,(H,33,35)(H,34,36)/b31-16+,32-17+. The zero-order chi connectivity index (χ0) is 25.8. The molecule has 37 heavy (non-hydrogen) atoms. The summed E-state index contributed by atoms with van der Waals surface area (Å²) in [5, 5.41) is 39.7. The van der Waals surface area contributed by atoms with E-state index in [1.807, 2.05) is 60.7 Å². The van der Waals surface area contributed by atoms with Crippen molar-refractivity contribution in [2.24, 2.45) is 10.2 Å². The van der Waals surface area contributed by atoms with Gasteiger partial charge in [0.05, 0.1) is 24.8 Å². The normalized spacial score (nSPS) is 12.1. The molecule has 0 saturated carbocycles. The molecule has 5 aromatic rings. The van der Waals surface area contributed by atoms with Crippen LogP contribution in [0.2, 0.25) is 0 Å². The number of nitrogens with zero attached hydrogens (tertiary/aromatic N) is 6. The molecule has 0 aliphatic carbocycles. The van der Waals surface area contributed by atoms with Gasteiger partial charge in [-0.1, -0.05) is 69.3 Å². The average molecular weight is 491 g/mol. The molecular formula is C28H26N8O. The van der Waals surface area contributed by atoms with Crippen molar-refractivity contribution in [2.75, 3.05) is 10.9 Å². The van der Waals surface area contributed by atoms with Gasteiger partial charge in [-0.3, -0.25) is 10.9 Å². The molecule has 0 fully saturated rings. The van der Waals surface area contributed by atoms with Crippen molar-refractivity contribution in [3.8, 4) is 5.75 Å². The number of benzene rings is 3. The number of anilines is 2. The van der Waals surface area contributed by atoms with Crippen LogP contribution in [0.4, 0.5) is 11.6 Å². The summed E-state index contributed by atoms with van der Waals surface area (Å²) in [5.74, 6) is 1.11. The second kappa shape index (κ2) is 9.98. The molecule has 0 bridgehead atoms. The number of phenolic OH excluding ortho intramolecular Hbond substituents is 1. The van der Waals surface area contributed by atoms with Crippen molar-refractivity contribution in [1.82, 2.24) is 20.4 Å². The second-order valence-electron chi connectivity index (χ2n) is 9.55. The largest absolute Gasteiger partial charge is 0.507 e. The monoisotopic (exact) mass is 490 g/mol. The Balaban J connectivity index is 1.43. The number of nitrogens with one attached hydrogen (secondary N) is 2. The first kappa shape index (κ1) is 23.8. The summed E-state index contributed by atoms with van der Waals surface area (Å²) >= 11 is 0. The predicted molar refractivity (Wildman–Crippen MR) is 148 cm³/mol. The summed E-state index contributed by atoms with van der Waals surface area (Å²) in [6, 6.07) is 19.4. The Bertz CT molecular complexity index is 1520. The van der Waals surface area contributed by atoms with Crippen molar-refractivity contribution in [2.45, 2.75) is 26.2 Å². The average Bonchev–Trinajstić information content (AvgIpc) is 2.90. The van der Waals surface area contributed by atoms with Crippen molar-refractivity contribution in [3.05, 3.63) is 89.7 Å². The lowest BCUT2D eigenvalue weighted by Crippen LogP contribution is -2.12. The van der Waals surface area contributed by atoms with E-state index in [1.54, 1.807) is 24.8 Å². The molecule has 0 amide bonds. The zero-order valence-electron chi connectivity index (χ0n) is 20.7. The topological polar surface area (TPSA) is 121 Å². The third-order valence-electron chi connectivity index (χ3n) is 5.92. The molecule has 0 aliphatic rings. The van der Waals surface area contributed by atoms with E-state index in [1.165, 1.54) is 0 Å². The molecule has 0 atom stereocenters. The molecule has 184 valence electrons. The van der Waals surface area contributed by atoms with Gasteiger partial charge in [0.15, 0.2) is 11.6 Å². The lowest BCUT2D eigenvalue weighted by atomic mass is 9.85. The molecule has 9 heteroatoms. The molecule has 9 nitrogen and oxygen atoms in total. The Kier molecular flexibility index (Phi) is 6.42. The van der Waals surface area contributed by atoms with E-state index in [0.29, 0.717) is 22.8 Å². The quantitative estimate of drug-likeness (QED) is 0.213. The molecule has 0 radical (unpaired) electrons. The maximum Gasteiger partial charge on any atom is 0.176 e. The van der Waals surface area contributed by atoms with Gasteiger partial charge in [0, 0.05) is 32.7 Å². The van der Waals surface area contributed by atoms with E-state index in [9.17, 15) is 5.11 Å². The molecule has 5 rings (SSSR count). The van der Waals surface area contributed by atoms with Gasteiger partial charge in [0.25, 0.3) is 0 Å². The van der Waals surface area contributed by atoms with Gasteiger partial charge in [-0.2, -0.15) is 20.4 Å². The van der Waals surface area contributed by atoms with Crippen molar-refractivity contribution < 1.29 is 5.11 Å². The highest BCUT2D eigenvalue weighted by Crippen LogP contribution is 2.30. The SMILES string of the molecule is CC(C)(C)c1cc(/C=N/Nc2nncc3ccccc23)c(O)c(/C=N/Nc2nncc3ccccc23)c1. The van der Waals surface area contributed by atoms with Crippen LogP contribution in [0.15, 0.2) is 83.3 Å². The molecule has 2 heterocycles. The zero-order valence-corrected chi connectivity index (χ0v) is 20.7. The summed E-state index contributed by atoms with van der Waals surface area (Å²) in [6.45, 7) is 6.32. The highest BCUT2D eigenvalue weighted by molar-refractivity contribution is 5.95. The Morgan fingerprint density at radius 3 is 1.65 bits per heavy atom. The fraction of sp³-hybridized carbons (Fsp3) is 0.143. The Labute approximate surface area is 214 Å². The van der Waals surface area contributed by atoms with Gasteiger partial charge >= 0.3 is 0 Å². The van der Waals surface area contributed by atoms with Gasteiger partial charge in [0.1, 0.15) is 5.75 Å². The van der Waals surface area contributed by atoms with Gasteiger partial charge < -0.3 is 5.11 Å². The van der Waals surface area contributed by atoms with E-state index in [-0.39, 0.29) is 11.2 Å². The van der Waals surface area contributed by atoms with Crippen LogP contribution in [0.1, 0.15) is 37.5 Å². The van der Waals surface area contributed by atoms with Crippen molar-refractivity contribution in [3.63, 3.8) is 0 Å². The number of rotatable bonds is 6. The smallest absolute Gasteiger partial charge is 0.176 e. The number of hydrazone groups is 2. The number of hydrogen-bond donors (Lipinski definition) is 3. The minimum absolute atomic E-state index is 0.0529. The van der Waals surface area contributed by atoms with Crippen LogP contribution in [0.5, 0.6) is 5.75 Å². The summed E-state index contributed by atoms with van der Waals surface area (Å²) in [7, 11) is 0. The Morgan fingerprint density at radius 1 is 0.730 bits per heavy atom. The number of fused-ring (bicyclic) bond motifs is 2. The molecule has 2 aromatic heterocycles. The maximum atomic E-state index is 11.0. The number of aromatic nitrogens is 4. The van der Waals surface area contributed by atoms with Crippen LogP contribution in [0, 0.1) is 0 Å². The van der Waals surface area contributed by atoms with Crippen LogP contribution in [0.3, 0.4) is 0 Å². The first-order chi connectivity index (χ1) is 17.9. The number of aromatic hydroxyl groups is 1. The van der Waals surface area contributed by atoms with Gasteiger partial charge in [-0.15, -0.1) is 10.2 Å². The lowest BCUT2D eigenvalue weighted by molar-refractivity contribution is 0.472. The van der Waals surface area contributed by atoms with E-state index in [4.69, 9.17) is 0 Å². The van der Waals surface area contributed by atoms with Crippen LogP contribution in [-0.2, 0) is 5.41 Å². The molecule has 0 spiro atoms. The first-order valence-corrected chi connectivity index (χ1v) is 11.8. The highest BCUT2D eigenvalue weighted by atomic mass is 16.3. The van der Waals surface area contributed by atoms with Gasteiger partial charge in [-0.25, -0.2) is 0 Å². The molecule has 3 aromatic carbocycles. The summed E-state index contributed by atoms with van der Waals surface area (Å²) in [6.07, 6.45) is 6.53. The summed E-state index contributed by atoms with van der Waals surface area (Å²) in [5.41, 5.74) is 7.83. The van der Waals surface area contributed by atoms with Gasteiger partial charge in [0.2, 0.25) is 0 Å². The minimum Gasteiger partial charge on any atom is -0.507 e. The van der Waals surface area contributed by atoms with Crippen LogP contribution < -0.4 is 10.9 Å². The van der Waals surface area contributed by atoms with E-state index in [2.05, 4.69) is 62.2 Å². The third kappa shape index (κ3) is 5.20. The molecule has 0 aliphatic heterocycles. The molecule has 0 unspecified atom stereocenters. The fourth-order valence-corrected chi connectivity index (χ4v) is 3.86. The molecule has 0 saturated heterocycles. The van der Waals surface area contributed by atoms with Crippen LogP contribution >= 0.6 is 0 Å². The number of hydrogen-bond acceptors (Lipinski definition) is 9. The number of phenols is 1. The van der Waals surface area contributed by atoms with Crippen LogP contribution in [0.25, 0.3) is 21.5 Å². The molecule has 3 N–H and O–H groups in total. The Hall–Kier alpha value is -4.92. The predicted octanol–water partition coefficient (Wildman–Crippen LogP) is 5.47. The maximum absolute atomic E-state index is 11.0. The summed E-state index contributed by atoms with van der Waals surface area (Å²) in [4.78, 5) is 0. The van der Waals surface area contributed by atoms with Crippen LogP contribution in [-0.4, -0.2) is 37.9 Å². The third-order valence-corrected chi connectivity index (χ3v) is 5.92. The van der Waals surface area contributed by atoms with Crippen molar-refractivity contribution >= 4 is 45.6 Å². The fourth-order valence-electron chi connectivity index (χ4n) is 3.86. The van der Waals surface area contributed by atoms with E-state index in [0.717, 1.165) is 27.1 Å². The Morgan fingerprint density at radius 2 is 1.19 bits per heavy atom. The second-order valence-corrected chi connectivity index (χ2v) is 9.55.